The second kappa shape index (κ2) is 8.66. The van der Waals surface area contributed by atoms with Crippen LogP contribution in [0.1, 0.15) is 12.5 Å². The van der Waals surface area contributed by atoms with E-state index in [2.05, 4.69) is 5.32 Å². The lowest BCUT2D eigenvalue weighted by molar-refractivity contribution is -0.384. The highest BCUT2D eigenvalue weighted by Gasteiger charge is 2.37. The summed E-state index contributed by atoms with van der Waals surface area (Å²) < 4.78 is 5.35. The molecule has 0 radical (unpaired) electrons. The van der Waals surface area contributed by atoms with Crippen LogP contribution in [-0.2, 0) is 9.59 Å². The molecule has 2 aromatic rings. The second-order valence-electron chi connectivity index (χ2n) is 6.78. The van der Waals surface area contributed by atoms with Crippen molar-refractivity contribution < 1.29 is 24.0 Å². The van der Waals surface area contributed by atoms with Crippen molar-refractivity contribution in [3.05, 3.63) is 63.7 Å². The summed E-state index contributed by atoms with van der Waals surface area (Å²) >= 11 is 0. The number of urea groups is 1. The van der Waals surface area contributed by atoms with E-state index in [9.17, 15) is 24.5 Å². The van der Waals surface area contributed by atoms with Crippen LogP contribution in [0, 0.1) is 10.1 Å². The Bertz CT molecular complexity index is 1090. The molecule has 2 aromatic carbocycles. The summed E-state index contributed by atoms with van der Waals surface area (Å²) in [5, 5.41) is 13.5. The molecular weight excluding hydrogens is 404 g/mol. The van der Waals surface area contributed by atoms with E-state index in [1.54, 1.807) is 37.2 Å². The Morgan fingerprint density at radius 1 is 1.13 bits per heavy atom. The van der Waals surface area contributed by atoms with E-state index >= 15 is 0 Å². The predicted octanol–water partition coefficient (Wildman–Crippen LogP) is 2.73. The van der Waals surface area contributed by atoms with Crippen LogP contribution in [0.25, 0.3) is 6.08 Å². The van der Waals surface area contributed by atoms with Gasteiger partial charge in [-0.1, -0.05) is 6.07 Å². The first kappa shape index (κ1) is 21.5. The molecule has 10 nitrogen and oxygen atoms in total. The monoisotopic (exact) mass is 424 g/mol. The molecule has 4 amide bonds. The number of amides is 4. The number of nitrogens with zero attached hydrogens (tertiary/aromatic N) is 3. The van der Waals surface area contributed by atoms with E-state index in [1.807, 2.05) is 6.92 Å². The zero-order valence-electron chi connectivity index (χ0n) is 17.1. The summed E-state index contributed by atoms with van der Waals surface area (Å²) in [5.41, 5.74) is 0.399. The highest BCUT2D eigenvalue weighted by molar-refractivity contribution is 6.39. The molecule has 1 N–H and O–H groups in total. The maximum absolute atomic E-state index is 13.0. The number of anilines is 2. The van der Waals surface area contributed by atoms with Gasteiger partial charge in [0.05, 0.1) is 17.2 Å². The first-order chi connectivity index (χ1) is 14.7. The largest absolute Gasteiger partial charge is 0.494 e. The maximum Gasteiger partial charge on any atom is 0.335 e. The third-order valence-corrected chi connectivity index (χ3v) is 4.50. The fraction of sp³-hybridized carbons (Fsp3) is 0.190. The summed E-state index contributed by atoms with van der Waals surface area (Å²) in [6.45, 7) is 2.29. The van der Waals surface area contributed by atoms with Gasteiger partial charge in [-0.15, -0.1) is 0 Å². The predicted molar refractivity (Wildman–Crippen MR) is 114 cm³/mol. The number of carbonyl (C=O) groups is 3. The molecule has 0 saturated carbocycles. The molecule has 0 aromatic heterocycles. The van der Waals surface area contributed by atoms with Crippen LogP contribution >= 0.6 is 0 Å². The van der Waals surface area contributed by atoms with Crippen molar-refractivity contribution >= 4 is 41.0 Å². The highest BCUT2D eigenvalue weighted by Crippen LogP contribution is 2.29. The minimum absolute atomic E-state index is 0.178. The normalized spacial score (nSPS) is 15.1. The molecule has 0 aliphatic carbocycles. The van der Waals surface area contributed by atoms with E-state index in [1.165, 1.54) is 30.3 Å². The molecule has 160 valence electrons. The van der Waals surface area contributed by atoms with E-state index in [-0.39, 0.29) is 22.5 Å². The second-order valence-corrected chi connectivity index (χ2v) is 6.78. The number of benzene rings is 2. The maximum atomic E-state index is 13.0. The average molecular weight is 424 g/mol. The van der Waals surface area contributed by atoms with Crippen LogP contribution in [0.15, 0.2) is 48.0 Å². The van der Waals surface area contributed by atoms with Gasteiger partial charge >= 0.3 is 6.03 Å². The zero-order chi connectivity index (χ0) is 22.7. The van der Waals surface area contributed by atoms with E-state index < -0.39 is 22.8 Å². The number of hydrogen-bond acceptors (Lipinski definition) is 7. The fourth-order valence-corrected chi connectivity index (χ4v) is 3.07. The molecule has 3 rings (SSSR count). The summed E-state index contributed by atoms with van der Waals surface area (Å²) in [4.78, 5) is 50.8. The molecule has 1 aliphatic heterocycles. The van der Waals surface area contributed by atoms with Crippen molar-refractivity contribution in [3.63, 3.8) is 0 Å². The number of imide groups is 2. The average Bonchev–Trinajstić information content (AvgIpc) is 2.72. The Kier molecular flexibility index (Phi) is 6.00. The Balaban J connectivity index is 1.99. The number of rotatable bonds is 6. The molecule has 1 fully saturated rings. The Morgan fingerprint density at radius 2 is 1.81 bits per heavy atom. The van der Waals surface area contributed by atoms with Crippen LogP contribution in [-0.4, -0.2) is 43.5 Å². The van der Waals surface area contributed by atoms with E-state index in [4.69, 9.17) is 4.74 Å². The minimum Gasteiger partial charge on any atom is -0.494 e. The lowest BCUT2D eigenvalue weighted by atomic mass is 10.1. The van der Waals surface area contributed by atoms with Gasteiger partial charge in [0.2, 0.25) is 0 Å². The molecule has 0 atom stereocenters. The van der Waals surface area contributed by atoms with Gasteiger partial charge in [-0.3, -0.25) is 25.0 Å². The highest BCUT2D eigenvalue weighted by atomic mass is 16.6. The minimum atomic E-state index is -0.884. The first-order valence-corrected chi connectivity index (χ1v) is 9.33. The molecule has 0 spiro atoms. The van der Waals surface area contributed by atoms with Crippen LogP contribution in [0.4, 0.5) is 21.9 Å². The van der Waals surface area contributed by atoms with Crippen molar-refractivity contribution in [1.82, 2.24) is 5.32 Å². The van der Waals surface area contributed by atoms with Crippen molar-refractivity contribution in [2.75, 3.05) is 30.5 Å². The fourth-order valence-electron chi connectivity index (χ4n) is 3.07. The number of nitrogens with one attached hydrogen (secondary N) is 1. The topological polar surface area (TPSA) is 122 Å². The number of carbonyl (C=O) groups excluding carboxylic acids is 3. The lowest BCUT2D eigenvalue weighted by Gasteiger charge is -2.26. The number of nitro groups is 1. The first-order valence-electron chi connectivity index (χ1n) is 9.33. The van der Waals surface area contributed by atoms with Crippen LogP contribution in [0.5, 0.6) is 5.75 Å². The smallest absolute Gasteiger partial charge is 0.335 e. The summed E-state index contributed by atoms with van der Waals surface area (Å²) in [6.07, 6.45) is 1.22. The van der Waals surface area contributed by atoms with Crippen molar-refractivity contribution in [2.45, 2.75) is 6.92 Å². The van der Waals surface area contributed by atoms with Crippen molar-refractivity contribution in [2.24, 2.45) is 0 Å². The van der Waals surface area contributed by atoms with Crippen LogP contribution < -0.4 is 19.9 Å². The quantitative estimate of drug-likeness (QED) is 0.327. The van der Waals surface area contributed by atoms with Gasteiger partial charge in [0, 0.05) is 20.2 Å². The van der Waals surface area contributed by atoms with Crippen molar-refractivity contribution in [3.8, 4) is 5.75 Å². The summed E-state index contributed by atoms with van der Waals surface area (Å²) in [7, 11) is 3.33. The number of nitro benzene ring substituents is 1. The number of barbiturate groups is 1. The van der Waals surface area contributed by atoms with Gasteiger partial charge < -0.3 is 9.64 Å². The molecule has 0 bridgehead atoms. The zero-order valence-corrected chi connectivity index (χ0v) is 17.1. The van der Waals surface area contributed by atoms with Gasteiger partial charge in [0.1, 0.15) is 17.0 Å². The molecule has 10 heteroatoms. The Morgan fingerprint density at radius 3 is 2.39 bits per heavy atom. The number of hydrogen-bond donors (Lipinski definition) is 1. The van der Waals surface area contributed by atoms with E-state index in [0.29, 0.717) is 18.0 Å². The standard InChI is InChI=1S/C21H20N4O6/c1-4-31-15-8-6-14(7-9-15)24-20(27)16(19(26)22-21(24)28)11-13-5-10-17(23(2)3)18(12-13)25(29)30/h5-12H,4H2,1-3H3,(H,22,26,28). The Labute approximate surface area is 177 Å². The SMILES string of the molecule is CCOc1ccc(N2C(=O)NC(=O)C(=Cc3ccc(N(C)C)c([N+](=O)[O-])c3)C2=O)cc1. The molecule has 1 aliphatic rings. The van der Waals surface area contributed by atoms with Gasteiger partial charge in [-0.05, 0) is 48.9 Å². The van der Waals surface area contributed by atoms with Gasteiger partial charge in [-0.25, -0.2) is 9.69 Å². The summed E-state index contributed by atoms with van der Waals surface area (Å²) in [6, 6.07) is 9.69. The van der Waals surface area contributed by atoms with Crippen LogP contribution in [0.3, 0.4) is 0 Å². The van der Waals surface area contributed by atoms with Crippen molar-refractivity contribution in [1.29, 1.82) is 0 Å². The van der Waals surface area contributed by atoms with Gasteiger partial charge in [-0.2, -0.15) is 0 Å². The van der Waals surface area contributed by atoms with Gasteiger partial charge in [0.15, 0.2) is 0 Å². The lowest BCUT2D eigenvalue weighted by Crippen LogP contribution is -2.54. The summed E-state index contributed by atoms with van der Waals surface area (Å²) in [5.74, 6) is -1.15. The molecule has 0 unspecified atom stereocenters. The third kappa shape index (κ3) is 4.37. The molecular formula is C21H20N4O6. The Hall–Kier alpha value is -4.21. The molecule has 1 heterocycles. The number of ether oxygens (including phenoxy) is 1. The van der Waals surface area contributed by atoms with Crippen LogP contribution in [0.2, 0.25) is 0 Å². The van der Waals surface area contributed by atoms with E-state index in [0.717, 1.165) is 4.90 Å². The molecule has 1 saturated heterocycles. The van der Waals surface area contributed by atoms with Gasteiger partial charge in [0.25, 0.3) is 17.5 Å². The third-order valence-electron chi connectivity index (χ3n) is 4.50. The molecule has 31 heavy (non-hydrogen) atoms.